The molecule has 0 fully saturated rings. The van der Waals surface area contributed by atoms with Gasteiger partial charge in [0.05, 0.1) is 19.3 Å². The minimum atomic E-state index is -0.702. The maximum absolute atomic E-state index is 10.2. The van der Waals surface area contributed by atoms with Gasteiger partial charge in [-0.05, 0) is 23.3 Å². The molecular formula is C16H20ClNO3. The van der Waals surface area contributed by atoms with Gasteiger partial charge in [-0.15, -0.1) is 12.4 Å². The monoisotopic (exact) mass is 309 g/mol. The Morgan fingerprint density at radius 2 is 1.81 bits per heavy atom. The highest BCUT2D eigenvalue weighted by Gasteiger charge is 2.18. The van der Waals surface area contributed by atoms with Crippen LogP contribution < -0.4 is 10.5 Å². The van der Waals surface area contributed by atoms with Gasteiger partial charge in [-0.3, -0.25) is 0 Å². The standard InChI is InChI=1S/C16H19NO3.ClH/c1-20-15-10-12(7-8-13(15)18)16(17)14(19)9-11-5-3-2-4-6-11;/h2-8,10,14,16,18-19H,9,17H2,1H3;1H/t14-,16+;/m0./s1. The lowest BCUT2D eigenvalue weighted by atomic mass is 9.96. The molecule has 4 nitrogen and oxygen atoms in total. The topological polar surface area (TPSA) is 75.7 Å². The van der Waals surface area contributed by atoms with Crippen molar-refractivity contribution in [1.29, 1.82) is 0 Å². The average Bonchev–Trinajstić information content (AvgIpc) is 2.48. The molecule has 0 amide bonds. The number of phenolic OH excluding ortho intramolecular Hbond substituents is 1. The normalized spacial score (nSPS) is 13.1. The number of rotatable bonds is 5. The van der Waals surface area contributed by atoms with Crippen LogP contribution in [0.25, 0.3) is 0 Å². The van der Waals surface area contributed by atoms with E-state index in [9.17, 15) is 10.2 Å². The van der Waals surface area contributed by atoms with Crippen LogP contribution in [-0.2, 0) is 6.42 Å². The van der Waals surface area contributed by atoms with Gasteiger partial charge in [0.2, 0.25) is 0 Å². The molecule has 0 heterocycles. The molecule has 4 N–H and O–H groups in total. The second-order valence-electron chi connectivity index (χ2n) is 4.71. The molecule has 2 aromatic carbocycles. The third-order valence-electron chi connectivity index (χ3n) is 3.29. The molecule has 0 aliphatic rings. The largest absolute Gasteiger partial charge is 0.504 e. The Morgan fingerprint density at radius 3 is 2.43 bits per heavy atom. The summed E-state index contributed by atoms with van der Waals surface area (Å²) in [6.07, 6.45) is -0.225. The number of ether oxygens (including phenoxy) is 1. The Kier molecular flexibility index (Phi) is 6.49. The van der Waals surface area contributed by atoms with Crippen molar-refractivity contribution >= 4 is 12.4 Å². The van der Waals surface area contributed by atoms with E-state index in [1.54, 1.807) is 12.1 Å². The molecule has 5 heteroatoms. The average molecular weight is 310 g/mol. The molecule has 0 unspecified atom stereocenters. The van der Waals surface area contributed by atoms with Gasteiger partial charge in [0.15, 0.2) is 11.5 Å². The zero-order chi connectivity index (χ0) is 14.5. The number of hydrogen-bond acceptors (Lipinski definition) is 4. The number of aliphatic hydroxyl groups excluding tert-OH is 1. The Labute approximate surface area is 130 Å². The van der Waals surface area contributed by atoms with Gasteiger partial charge < -0.3 is 20.7 Å². The van der Waals surface area contributed by atoms with Crippen LogP contribution >= 0.6 is 12.4 Å². The summed E-state index contributed by atoms with van der Waals surface area (Å²) in [5.41, 5.74) is 7.83. The van der Waals surface area contributed by atoms with E-state index in [1.165, 1.54) is 13.2 Å². The van der Waals surface area contributed by atoms with Crippen LogP contribution in [-0.4, -0.2) is 23.4 Å². The van der Waals surface area contributed by atoms with Gasteiger partial charge in [0, 0.05) is 6.42 Å². The van der Waals surface area contributed by atoms with Crippen molar-refractivity contribution in [1.82, 2.24) is 0 Å². The molecule has 0 saturated heterocycles. The Balaban J connectivity index is 0.00000220. The highest BCUT2D eigenvalue weighted by atomic mass is 35.5. The summed E-state index contributed by atoms with van der Waals surface area (Å²) in [5, 5.41) is 19.8. The van der Waals surface area contributed by atoms with E-state index in [0.29, 0.717) is 12.2 Å². The fourth-order valence-corrected chi connectivity index (χ4v) is 2.11. The van der Waals surface area contributed by atoms with Crippen LogP contribution in [0.3, 0.4) is 0 Å². The van der Waals surface area contributed by atoms with Gasteiger partial charge in [0.25, 0.3) is 0 Å². The van der Waals surface area contributed by atoms with Crippen molar-refractivity contribution in [3.05, 3.63) is 59.7 Å². The molecule has 0 radical (unpaired) electrons. The van der Waals surface area contributed by atoms with Crippen molar-refractivity contribution in [3.63, 3.8) is 0 Å². The summed E-state index contributed by atoms with van der Waals surface area (Å²) in [4.78, 5) is 0. The maximum Gasteiger partial charge on any atom is 0.160 e. The SMILES string of the molecule is COc1cc([C@@H](N)[C@@H](O)Cc2ccccc2)ccc1O.Cl. The number of aromatic hydroxyl groups is 1. The zero-order valence-corrected chi connectivity index (χ0v) is 12.6. The van der Waals surface area contributed by atoms with Gasteiger partial charge in [-0.25, -0.2) is 0 Å². The van der Waals surface area contributed by atoms with Crippen LogP contribution in [0.4, 0.5) is 0 Å². The summed E-state index contributed by atoms with van der Waals surface area (Å²) < 4.78 is 5.05. The smallest absolute Gasteiger partial charge is 0.160 e. The first-order valence-electron chi connectivity index (χ1n) is 6.46. The van der Waals surface area contributed by atoms with Crippen molar-refractivity contribution in [2.75, 3.05) is 7.11 Å². The third kappa shape index (κ3) is 4.36. The number of halogens is 1. The quantitative estimate of drug-likeness (QED) is 0.793. The summed E-state index contributed by atoms with van der Waals surface area (Å²) in [7, 11) is 1.48. The highest BCUT2D eigenvalue weighted by Crippen LogP contribution is 2.29. The van der Waals surface area contributed by atoms with Crippen molar-refractivity contribution in [2.45, 2.75) is 18.6 Å². The first-order chi connectivity index (χ1) is 9.61. The van der Waals surface area contributed by atoms with E-state index in [2.05, 4.69) is 0 Å². The minimum Gasteiger partial charge on any atom is -0.504 e. The summed E-state index contributed by atoms with van der Waals surface area (Å²) in [5.74, 6) is 0.408. The number of hydrogen-bond donors (Lipinski definition) is 3. The lowest BCUT2D eigenvalue weighted by Gasteiger charge is -2.20. The molecule has 2 atom stereocenters. The van der Waals surface area contributed by atoms with E-state index in [1.807, 2.05) is 30.3 Å². The second kappa shape index (κ2) is 7.88. The molecule has 114 valence electrons. The molecule has 0 spiro atoms. The second-order valence-corrected chi connectivity index (χ2v) is 4.71. The predicted molar refractivity (Wildman–Crippen MR) is 85.0 cm³/mol. The first kappa shape index (κ1) is 17.3. The maximum atomic E-state index is 10.2. The van der Waals surface area contributed by atoms with Crippen LogP contribution in [0, 0.1) is 0 Å². The van der Waals surface area contributed by atoms with Crippen LogP contribution in [0.2, 0.25) is 0 Å². The number of nitrogens with two attached hydrogens (primary N) is 1. The fourth-order valence-electron chi connectivity index (χ4n) is 2.11. The van der Waals surface area contributed by atoms with Crippen molar-refractivity contribution in [2.24, 2.45) is 5.73 Å². The summed E-state index contributed by atoms with van der Waals surface area (Å²) in [6.45, 7) is 0. The number of aliphatic hydroxyl groups is 1. The Bertz CT molecular complexity index is 563. The van der Waals surface area contributed by atoms with E-state index in [-0.39, 0.29) is 18.2 Å². The van der Waals surface area contributed by atoms with E-state index in [0.717, 1.165) is 11.1 Å². The molecule has 0 aromatic heterocycles. The van der Waals surface area contributed by atoms with Gasteiger partial charge in [-0.2, -0.15) is 0 Å². The molecular weight excluding hydrogens is 290 g/mol. The van der Waals surface area contributed by atoms with E-state index >= 15 is 0 Å². The third-order valence-corrected chi connectivity index (χ3v) is 3.29. The minimum absolute atomic E-state index is 0. The number of benzene rings is 2. The summed E-state index contributed by atoms with van der Waals surface area (Å²) in [6, 6.07) is 14.0. The zero-order valence-electron chi connectivity index (χ0n) is 11.8. The molecule has 0 saturated carbocycles. The first-order valence-corrected chi connectivity index (χ1v) is 6.46. The predicted octanol–water partition coefficient (Wildman–Crippen LogP) is 2.43. The summed E-state index contributed by atoms with van der Waals surface area (Å²) >= 11 is 0. The Hall–Kier alpha value is -1.75. The molecule has 0 bridgehead atoms. The number of phenols is 1. The molecule has 21 heavy (non-hydrogen) atoms. The molecule has 0 aliphatic heterocycles. The highest BCUT2D eigenvalue weighted by molar-refractivity contribution is 5.85. The lowest BCUT2D eigenvalue weighted by molar-refractivity contribution is 0.145. The van der Waals surface area contributed by atoms with E-state index < -0.39 is 12.1 Å². The Morgan fingerprint density at radius 1 is 1.14 bits per heavy atom. The lowest BCUT2D eigenvalue weighted by Crippen LogP contribution is -2.28. The fraction of sp³-hybridized carbons (Fsp3) is 0.250. The van der Waals surface area contributed by atoms with Crippen LogP contribution in [0.1, 0.15) is 17.2 Å². The van der Waals surface area contributed by atoms with Crippen molar-refractivity contribution in [3.8, 4) is 11.5 Å². The van der Waals surface area contributed by atoms with Crippen LogP contribution in [0.5, 0.6) is 11.5 Å². The molecule has 2 aromatic rings. The van der Waals surface area contributed by atoms with Crippen LogP contribution in [0.15, 0.2) is 48.5 Å². The molecule has 0 aliphatic carbocycles. The number of methoxy groups -OCH3 is 1. The molecule has 2 rings (SSSR count). The van der Waals surface area contributed by atoms with Gasteiger partial charge in [0.1, 0.15) is 0 Å². The van der Waals surface area contributed by atoms with E-state index in [4.69, 9.17) is 10.5 Å². The van der Waals surface area contributed by atoms with Gasteiger partial charge in [-0.1, -0.05) is 36.4 Å². The van der Waals surface area contributed by atoms with Crippen molar-refractivity contribution < 1.29 is 14.9 Å². The van der Waals surface area contributed by atoms with Gasteiger partial charge >= 0.3 is 0 Å².